The van der Waals surface area contributed by atoms with Gasteiger partial charge in [0.1, 0.15) is 23.4 Å². The fourth-order valence-corrected chi connectivity index (χ4v) is 3.33. The lowest BCUT2D eigenvalue weighted by Crippen LogP contribution is -2.60. The summed E-state index contributed by atoms with van der Waals surface area (Å²) in [6, 6.07) is 10.1. The van der Waals surface area contributed by atoms with E-state index in [4.69, 9.17) is 14.2 Å². The zero-order valence-corrected chi connectivity index (χ0v) is 14.8. The molecule has 26 heavy (non-hydrogen) atoms. The molecule has 0 amide bonds. The Morgan fingerprint density at radius 1 is 1.19 bits per heavy atom. The number of rotatable bonds is 5. The number of ether oxygens (including phenoxy) is 3. The van der Waals surface area contributed by atoms with Gasteiger partial charge in [0.25, 0.3) is 0 Å². The average molecular weight is 363 g/mol. The summed E-state index contributed by atoms with van der Waals surface area (Å²) in [6.45, 7) is 1.67. The number of halogens is 1. The largest absolute Gasteiger partial charge is 0.506 e. The SMILES string of the molecule is COC(OC)C1(C)Oc2ccccc2C(Nc2cc(F)ccc2O)C1O. The van der Waals surface area contributed by atoms with Crippen molar-refractivity contribution in [3.8, 4) is 11.5 Å². The monoisotopic (exact) mass is 363 g/mol. The van der Waals surface area contributed by atoms with E-state index in [1.807, 2.05) is 12.1 Å². The average Bonchev–Trinajstić information content (AvgIpc) is 2.62. The molecule has 7 heteroatoms. The molecule has 3 atom stereocenters. The highest BCUT2D eigenvalue weighted by atomic mass is 19.1. The highest BCUT2D eigenvalue weighted by Gasteiger charge is 2.52. The Balaban J connectivity index is 2.05. The summed E-state index contributed by atoms with van der Waals surface area (Å²) >= 11 is 0. The van der Waals surface area contributed by atoms with E-state index in [1.165, 1.54) is 26.4 Å². The standard InChI is InChI=1S/C19H22FNO5/c1-19(18(24-2)25-3)17(23)16(12-6-4-5-7-15(12)26-19)21-13-10-11(20)8-9-14(13)22/h4-10,16-18,21-23H,1-3H3. The van der Waals surface area contributed by atoms with Crippen molar-refractivity contribution in [1.29, 1.82) is 0 Å². The first-order valence-electron chi connectivity index (χ1n) is 8.17. The van der Waals surface area contributed by atoms with Gasteiger partial charge < -0.3 is 29.7 Å². The van der Waals surface area contributed by atoms with Crippen LogP contribution in [-0.4, -0.2) is 42.4 Å². The molecule has 3 unspecified atom stereocenters. The maximum absolute atomic E-state index is 13.6. The van der Waals surface area contributed by atoms with Crippen LogP contribution >= 0.6 is 0 Å². The van der Waals surface area contributed by atoms with Crippen LogP contribution in [0.1, 0.15) is 18.5 Å². The number of benzene rings is 2. The van der Waals surface area contributed by atoms with Crippen LogP contribution in [0.15, 0.2) is 42.5 Å². The first-order valence-corrected chi connectivity index (χ1v) is 8.17. The number of aliphatic hydroxyl groups excluding tert-OH is 1. The molecule has 0 saturated carbocycles. The van der Waals surface area contributed by atoms with Crippen LogP contribution in [0.4, 0.5) is 10.1 Å². The van der Waals surface area contributed by atoms with Gasteiger partial charge in [-0.25, -0.2) is 4.39 Å². The van der Waals surface area contributed by atoms with Crippen LogP contribution < -0.4 is 10.1 Å². The molecule has 0 spiro atoms. The molecule has 0 saturated heterocycles. The Labute approximate surface area is 151 Å². The summed E-state index contributed by atoms with van der Waals surface area (Å²) in [4.78, 5) is 0. The van der Waals surface area contributed by atoms with Gasteiger partial charge in [-0.05, 0) is 25.1 Å². The molecule has 6 nitrogen and oxygen atoms in total. The van der Waals surface area contributed by atoms with Crippen molar-refractivity contribution in [2.45, 2.75) is 31.0 Å². The van der Waals surface area contributed by atoms with Crippen LogP contribution in [0.2, 0.25) is 0 Å². The van der Waals surface area contributed by atoms with Crippen molar-refractivity contribution in [3.63, 3.8) is 0 Å². The Hall–Kier alpha value is -2.35. The number of phenols is 1. The molecule has 0 aliphatic carbocycles. The van der Waals surface area contributed by atoms with E-state index in [1.54, 1.807) is 19.1 Å². The topological polar surface area (TPSA) is 80.2 Å². The van der Waals surface area contributed by atoms with Gasteiger partial charge in [0.15, 0.2) is 11.9 Å². The molecule has 0 fully saturated rings. The maximum Gasteiger partial charge on any atom is 0.199 e. The molecule has 0 aromatic heterocycles. The quantitative estimate of drug-likeness (QED) is 0.560. The number of para-hydroxylation sites is 1. The van der Waals surface area contributed by atoms with Crippen LogP contribution in [0.3, 0.4) is 0 Å². The smallest absolute Gasteiger partial charge is 0.199 e. The number of anilines is 1. The normalized spacial score (nSPS) is 24.8. The molecule has 1 aliphatic rings. The van der Waals surface area contributed by atoms with E-state index in [9.17, 15) is 14.6 Å². The first kappa shape index (κ1) is 18.4. The van der Waals surface area contributed by atoms with Gasteiger partial charge in [0, 0.05) is 25.8 Å². The summed E-state index contributed by atoms with van der Waals surface area (Å²) < 4.78 is 30.3. The van der Waals surface area contributed by atoms with Crippen molar-refractivity contribution in [3.05, 3.63) is 53.8 Å². The summed E-state index contributed by atoms with van der Waals surface area (Å²) in [6.07, 6.45) is -1.97. The number of aromatic hydroxyl groups is 1. The third kappa shape index (κ3) is 3.09. The Morgan fingerprint density at radius 2 is 1.88 bits per heavy atom. The van der Waals surface area contributed by atoms with E-state index in [0.29, 0.717) is 11.3 Å². The molecular formula is C19H22FNO5. The van der Waals surface area contributed by atoms with Crippen molar-refractivity contribution in [2.75, 3.05) is 19.5 Å². The number of nitrogens with one attached hydrogen (secondary N) is 1. The number of hydrogen-bond donors (Lipinski definition) is 3. The molecule has 1 heterocycles. The minimum Gasteiger partial charge on any atom is -0.506 e. The van der Waals surface area contributed by atoms with Gasteiger partial charge in [-0.2, -0.15) is 0 Å². The fourth-order valence-electron chi connectivity index (χ4n) is 3.33. The molecule has 0 radical (unpaired) electrons. The predicted octanol–water partition coefficient (Wildman–Crippen LogP) is 2.82. The molecule has 0 bridgehead atoms. The zero-order chi connectivity index (χ0) is 18.9. The highest BCUT2D eigenvalue weighted by molar-refractivity contribution is 5.58. The molecule has 1 aliphatic heterocycles. The van der Waals surface area contributed by atoms with E-state index in [0.717, 1.165) is 6.07 Å². The minimum atomic E-state index is -1.24. The predicted molar refractivity (Wildman–Crippen MR) is 93.7 cm³/mol. The Morgan fingerprint density at radius 3 is 2.58 bits per heavy atom. The zero-order valence-electron chi connectivity index (χ0n) is 14.8. The summed E-state index contributed by atoms with van der Waals surface area (Å²) in [5.41, 5.74) is -0.398. The van der Waals surface area contributed by atoms with Gasteiger partial charge in [-0.15, -0.1) is 0 Å². The number of fused-ring (bicyclic) bond motifs is 1. The van der Waals surface area contributed by atoms with Crippen molar-refractivity contribution >= 4 is 5.69 Å². The van der Waals surface area contributed by atoms with Crippen LogP contribution in [-0.2, 0) is 9.47 Å². The van der Waals surface area contributed by atoms with Gasteiger partial charge in [-0.3, -0.25) is 0 Å². The summed E-state index contributed by atoms with van der Waals surface area (Å²) in [5, 5.41) is 24.1. The maximum atomic E-state index is 13.6. The van der Waals surface area contributed by atoms with Crippen LogP contribution in [0, 0.1) is 5.82 Å². The van der Waals surface area contributed by atoms with Gasteiger partial charge in [-0.1, -0.05) is 18.2 Å². The minimum absolute atomic E-state index is 0.126. The second kappa shape index (κ2) is 7.11. The van der Waals surface area contributed by atoms with Crippen molar-refractivity contribution in [1.82, 2.24) is 0 Å². The fraction of sp³-hybridized carbons (Fsp3) is 0.368. The van der Waals surface area contributed by atoms with Gasteiger partial charge in [0.05, 0.1) is 11.7 Å². The van der Waals surface area contributed by atoms with E-state index < -0.39 is 29.9 Å². The third-order valence-corrected chi connectivity index (χ3v) is 4.65. The number of hydrogen-bond acceptors (Lipinski definition) is 6. The van der Waals surface area contributed by atoms with E-state index in [2.05, 4.69) is 5.32 Å². The van der Waals surface area contributed by atoms with Gasteiger partial charge in [0.2, 0.25) is 0 Å². The third-order valence-electron chi connectivity index (χ3n) is 4.65. The molecule has 2 aromatic carbocycles. The number of methoxy groups -OCH3 is 2. The lowest BCUT2D eigenvalue weighted by atomic mass is 9.84. The molecular weight excluding hydrogens is 341 g/mol. The van der Waals surface area contributed by atoms with E-state index in [-0.39, 0.29) is 11.4 Å². The Kier molecular flexibility index (Phi) is 5.04. The number of phenolic OH excluding ortho intramolecular Hbond substituents is 1. The molecule has 2 aromatic rings. The van der Waals surface area contributed by atoms with Crippen molar-refractivity contribution < 1.29 is 28.8 Å². The second-order valence-electron chi connectivity index (χ2n) is 6.36. The summed E-state index contributed by atoms with van der Waals surface area (Å²) in [7, 11) is 2.91. The lowest BCUT2D eigenvalue weighted by molar-refractivity contribution is -0.236. The van der Waals surface area contributed by atoms with Crippen LogP contribution in [0.25, 0.3) is 0 Å². The van der Waals surface area contributed by atoms with E-state index >= 15 is 0 Å². The molecule has 140 valence electrons. The summed E-state index contributed by atoms with van der Waals surface area (Å²) in [5.74, 6) is -0.0957. The molecule has 3 N–H and O–H groups in total. The Bertz CT molecular complexity index is 782. The van der Waals surface area contributed by atoms with Crippen molar-refractivity contribution in [2.24, 2.45) is 0 Å². The number of aliphatic hydroxyl groups is 1. The van der Waals surface area contributed by atoms with Crippen LogP contribution in [0.5, 0.6) is 11.5 Å². The second-order valence-corrected chi connectivity index (χ2v) is 6.36. The highest BCUT2D eigenvalue weighted by Crippen LogP contribution is 2.44. The lowest BCUT2D eigenvalue weighted by Gasteiger charge is -2.46. The van der Waals surface area contributed by atoms with Gasteiger partial charge >= 0.3 is 0 Å². The first-order chi connectivity index (χ1) is 12.4. The molecule has 3 rings (SSSR count).